The molecule has 25 heavy (non-hydrogen) atoms. The number of hydrogen-bond donors (Lipinski definition) is 1. The van der Waals surface area contributed by atoms with Gasteiger partial charge in [-0.2, -0.15) is 13.2 Å². The largest absolute Gasteiger partial charge is 0.434 e. The molecular formula is C15H11F3N3O2S2. The number of nitrogens with one attached hydrogen (secondary N) is 1. The first-order valence-electron chi connectivity index (χ1n) is 6.87. The summed E-state index contributed by atoms with van der Waals surface area (Å²) in [4.78, 5) is 7.92. The molecule has 0 bridgehead atoms. The van der Waals surface area contributed by atoms with E-state index in [0.29, 0.717) is 22.2 Å². The van der Waals surface area contributed by atoms with Crippen LogP contribution in [0.5, 0.6) is 0 Å². The number of anilines is 1. The van der Waals surface area contributed by atoms with Crippen molar-refractivity contribution >= 4 is 38.0 Å². The number of pyridine rings is 1. The van der Waals surface area contributed by atoms with Crippen LogP contribution >= 0.6 is 11.3 Å². The van der Waals surface area contributed by atoms with Crippen molar-refractivity contribution in [1.82, 2.24) is 9.97 Å². The number of aromatic nitrogens is 2. The van der Waals surface area contributed by atoms with Gasteiger partial charge in [-0.3, -0.25) is 4.72 Å². The molecule has 10 heteroatoms. The first-order chi connectivity index (χ1) is 11.5. The molecule has 0 saturated carbocycles. The van der Waals surface area contributed by atoms with Crippen molar-refractivity contribution in [3.05, 3.63) is 40.9 Å². The van der Waals surface area contributed by atoms with Crippen LogP contribution in [0.1, 0.15) is 11.3 Å². The summed E-state index contributed by atoms with van der Waals surface area (Å²) in [5.74, 6) is 0. The quantitative estimate of drug-likeness (QED) is 0.742. The second kappa shape index (κ2) is 5.95. The highest BCUT2D eigenvalue weighted by Gasteiger charge is 2.34. The number of aryl methyl sites for hydroxylation is 1. The van der Waals surface area contributed by atoms with E-state index in [9.17, 15) is 21.6 Å². The molecule has 0 aliphatic carbocycles. The number of rotatable bonds is 3. The molecule has 0 saturated heterocycles. The zero-order valence-electron chi connectivity index (χ0n) is 13.0. The molecule has 131 valence electrons. The normalized spacial score (nSPS) is 12.5. The maximum absolute atomic E-state index is 12.7. The smallest absolute Gasteiger partial charge is 0.283 e. The lowest BCUT2D eigenvalue weighted by Gasteiger charge is -2.10. The van der Waals surface area contributed by atoms with Gasteiger partial charge in [0.15, 0.2) is 5.69 Å². The zero-order chi connectivity index (χ0) is 18.4. The Kier molecular flexibility index (Phi) is 4.20. The Balaban J connectivity index is 2.10. The Morgan fingerprint density at radius 2 is 1.96 bits per heavy atom. The van der Waals surface area contributed by atoms with Crippen LogP contribution in [0.4, 0.5) is 18.9 Å². The van der Waals surface area contributed by atoms with E-state index >= 15 is 0 Å². The Bertz CT molecular complexity index is 1060. The average Bonchev–Trinajstić information content (AvgIpc) is 2.99. The second-order valence-electron chi connectivity index (χ2n) is 5.33. The average molecular weight is 386 g/mol. The van der Waals surface area contributed by atoms with Gasteiger partial charge in [-0.15, -0.1) is 11.3 Å². The van der Waals surface area contributed by atoms with Crippen molar-refractivity contribution in [2.24, 2.45) is 0 Å². The van der Waals surface area contributed by atoms with Crippen molar-refractivity contribution in [2.75, 3.05) is 11.0 Å². The van der Waals surface area contributed by atoms with Crippen molar-refractivity contribution in [2.45, 2.75) is 13.1 Å². The van der Waals surface area contributed by atoms with Crippen molar-refractivity contribution in [3.8, 4) is 10.7 Å². The third-order valence-corrected chi connectivity index (χ3v) is 4.79. The lowest BCUT2D eigenvalue weighted by molar-refractivity contribution is -0.140. The van der Waals surface area contributed by atoms with Gasteiger partial charge >= 0.3 is 6.18 Å². The van der Waals surface area contributed by atoms with Crippen LogP contribution in [-0.4, -0.2) is 24.6 Å². The highest BCUT2D eigenvalue weighted by molar-refractivity contribution is 7.92. The molecule has 0 aliphatic rings. The van der Waals surface area contributed by atoms with Crippen LogP contribution in [-0.2, 0) is 16.2 Å². The Labute approximate surface area is 145 Å². The topological polar surface area (TPSA) is 72.0 Å². The van der Waals surface area contributed by atoms with Crippen molar-refractivity contribution < 1.29 is 21.6 Å². The Morgan fingerprint density at radius 3 is 2.56 bits per heavy atom. The second-order valence-corrected chi connectivity index (χ2v) is 7.94. The monoisotopic (exact) mass is 386 g/mol. The lowest BCUT2D eigenvalue weighted by Crippen LogP contribution is -2.10. The van der Waals surface area contributed by atoms with Crippen LogP contribution in [0, 0.1) is 13.0 Å². The van der Waals surface area contributed by atoms with Gasteiger partial charge in [0.05, 0.1) is 17.5 Å². The maximum Gasteiger partial charge on any atom is 0.434 e. The summed E-state index contributed by atoms with van der Waals surface area (Å²) in [6.45, 7) is 1.67. The number of sulfonamides is 1. The van der Waals surface area contributed by atoms with Gasteiger partial charge in [0, 0.05) is 10.8 Å². The zero-order valence-corrected chi connectivity index (χ0v) is 14.6. The molecular weight excluding hydrogens is 375 g/mol. The fraction of sp³-hybridized carbons (Fsp3) is 0.200. The molecule has 3 aromatic rings. The first-order valence-corrected chi connectivity index (χ1v) is 9.64. The molecule has 0 amide bonds. The van der Waals surface area contributed by atoms with Gasteiger partial charge in [0.1, 0.15) is 10.7 Å². The number of halogens is 3. The summed E-state index contributed by atoms with van der Waals surface area (Å²) in [7, 11) is -3.47. The van der Waals surface area contributed by atoms with E-state index in [1.165, 1.54) is 6.07 Å². The number of fused-ring (bicyclic) bond motifs is 1. The maximum atomic E-state index is 12.7. The number of thiazole rings is 1. The fourth-order valence-corrected chi connectivity index (χ4v) is 3.61. The molecule has 2 heterocycles. The number of benzene rings is 1. The van der Waals surface area contributed by atoms with Crippen LogP contribution in [0.15, 0.2) is 23.6 Å². The first kappa shape index (κ1) is 17.6. The minimum atomic E-state index is -4.52. The third kappa shape index (κ3) is 3.74. The summed E-state index contributed by atoms with van der Waals surface area (Å²) in [5.41, 5.74) is 0.609. The minimum Gasteiger partial charge on any atom is -0.283 e. The van der Waals surface area contributed by atoms with Crippen LogP contribution in [0.25, 0.3) is 21.6 Å². The predicted molar refractivity (Wildman–Crippen MR) is 89.9 cm³/mol. The number of nitrogens with zero attached hydrogens (tertiary/aromatic N) is 2. The molecule has 3 rings (SSSR count). The number of alkyl halides is 3. The van der Waals surface area contributed by atoms with Gasteiger partial charge < -0.3 is 0 Å². The molecule has 1 radical (unpaired) electrons. The van der Waals surface area contributed by atoms with Crippen molar-refractivity contribution in [3.63, 3.8) is 0 Å². The summed E-state index contributed by atoms with van der Waals surface area (Å²) in [6.07, 6.45) is -3.49. The molecule has 2 aromatic heterocycles. The highest BCUT2D eigenvalue weighted by atomic mass is 32.2. The molecule has 1 aromatic carbocycles. The van der Waals surface area contributed by atoms with E-state index < -0.39 is 21.9 Å². The summed E-state index contributed by atoms with van der Waals surface area (Å²) >= 11 is 0.833. The predicted octanol–water partition coefficient (Wildman–Crippen LogP) is 3.86. The van der Waals surface area contributed by atoms with E-state index in [-0.39, 0.29) is 10.7 Å². The van der Waals surface area contributed by atoms with Gasteiger partial charge in [-0.05, 0) is 30.7 Å². The molecule has 0 unspecified atom stereocenters. The van der Waals surface area contributed by atoms with Crippen LogP contribution in [0.2, 0.25) is 0 Å². The molecule has 5 nitrogen and oxygen atoms in total. The summed E-state index contributed by atoms with van der Waals surface area (Å²) in [6, 6.07) is 7.62. The molecule has 0 atom stereocenters. The van der Waals surface area contributed by atoms with Crippen LogP contribution in [0.3, 0.4) is 0 Å². The highest BCUT2D eigenvalue weighted by Crippen LogP contribution is 2.34. The van der Waals surface area contributed by atoms with Gasteiger partial charge in [-0.1, -0.05) is 6.07 Å². The SMILES string of the molecule is Cc1c(NS(C)(=O)=O)ccc2[c]cc(-c3nc(C(F)(F)F)cs3)nc12. The van der Waals surface area contributed by atoms with Crippen molar-refractivity contribution in [1.29, 1.82) is 0 Å². The Morgan fingerprint density at radius 1 is 1.24 bits per heavy atom. The third-order valence-electron chi connectivity index (χ3n) is 3.34. The molecule has 0 spiro atoms. The molecule has 1 N–H and O–H groups in total. The van der Waals surface area contributed by atoms with E-state index in [0.717, 1.165) is 23.0 Å². The Hall–Kier alpha value is -2.20. The van der Waals surface area contributed by atoms with E-state index in [1.54, 1.807) is 19.1 Å². The molecule has 0 fully saturated rings. The van der Waals surface area contributed by atoms with Gasteiger partial charge in [0.25, 0.3) is 0 Å². The summed E-state index contributed by atoms with van der Waals surface area (Å²) in [5, 5.41) is 1.66. The van der Waals surface area contributed by atoms with Gasteiger partial charge in [0.2, 0.25) is 10.0 Å². The fourth-order valence-electron chi connectivity index (χ4n) is 2.20. The van der Waals surface area contributed by atoms with E-state index in [1.807, 2.05) is 0 Å². The van der Waals surface area contributed by atoms with Crippen LogP contribution < -0.4 is 4.72 Å². The van der Waals surface area contributed by atoms with Gasteiger partial charge in [-0.25, -0.2) is 18.4 Å². The lowest BCUT2D eigenvalue weighted by atomic mass is 10.1. The van der Waals surface area contributed by atoms with E-state index in [4.69, 9.17) is 0 Å². The number of hydrogen-bond acceptors (Lipinski definition) is 5. The van der Waals surface area contributed by atoms with E-state index in [2.05, 4.69) is 20.8 Å². The summed E-state index contributed by atoms with van der Waals surface area (Å²) < 4.78 is 63.3. The standard InChI is InChI=1S/C15H11F3N3O2S2/c1-8-10(21-25(2,22)23)5-3-9-4-6-11(19-13(8)9)14-20-12(7-24-14)15(16,17)18/h3,5-7,21H,1-2H3. The molecule has 0 aliphatic heterocycles. The minimum absolute atomic E-state index is 0.117.